The van der Waals surface area contributed by atoms with Crippen LogP contribution in [0.15, 0.2) is 36.9 Å². The molecular formula is C12H15ClN2O4S. The summed E-state index contributed by atoms with van der Waals surface area (Å²) in [6, 6.07) is 6.68. The minimum atomic E-state index is -4.03. The fourth-order valence-corrected chi connectivity index (χ4v) is 2.18. The van der Waals surface area contributed by atoms with Gasteiger partial charge in [-0.05, 0) is 24.1 Å². The van der Waals surface area contributed by atoms with E-state index in [9.17, 15) is 13.2 Å². The van der Waals surface area contributed by atoms with Gasteiger partial charge >= 0.3 is 16.3 Å². The van der Waals surface area contributed by atoms with Crippen LogP contribution in [0.2, 0.25) is 0 Å². The molecule has 0 radical (unpaired) electrons. The molecule has 1 rings (SSSR count). The van der Waals surface area contributed by atoms with Crippen molar-refractivity contribution < 1.29 is 17.9 Å². The summed E-state index contributed by atoms with van der Waals surface area (Å²) in [6.45, 7) is 3.54. The van der Waals surface area contributed by atoms with Gasteiger partial charge in [0.2, 0.25) is 0 Å². The van der Waals surface area contributed by atoms with Crippen molar-refractivity contribution in [2.45, 2.75) is 6.42 Å². The Bertz CT molecular complexity index is 557. The first kappa shape index (κ1) is 16.3. The monoisotopic (exact) mass is 318 g/mol. The minimum Gasteiger partial charge on any atom is -0.448 e. The van der Waals surface area contributed by atoms with Gasteiger partial charge in [0.05, 0.1) is 11.6 Å². The number of rotatable bonds is 7. The van der Waals surface area contributed by atoms with E-state index in [0.717, 1.165) is 5.56 Å². The van der Waals surface area contributed by atoms with Gasteiger partial charge in [-0.3, -0.25) is 4.72 Å². The lowest BCUT2D eigenvalue weighted by Crippen LogP contribution is -2.36. The van der Waals surface area contributed by atoms with Crippen LogP contribution >= 0.6 is 11.6 Å². The molecule has 0 spiro atoms. The van der Waals surface area contributed by atoms with Crippen LogP contribution < -0.4 is 9.44 Å². The summed E-state index contributed by atoms with van der Waals surface area (Å²) in [6.07, 6.45) is 1.35. The van der Waals surface area contributed by atoms with E-state index in [0.29, 0.717) is 12.1 Å². The Hall–Kier alpha value is -1.73. The predicted octanol–water partition coefficient (Wildman–Crippen LogP) is 2.04. The smallest absolute Gasteiger partial charge is 0.422 e. The molecule has 6 nitrogen and oxygen atoms in total. The van der Waals surface area contributed by atoms with Gasteiger partial charge in [0.25, 0.3) is 0 Å². The second kappa shape index (κ2) is 7.76. The molecule has 0 saturated heterocycles. The lowest BCUT2D eigenvalue weighted by atomic mass is 10.1. The second-order valence-corrected chi connectivity index (χ2v) is 5.52. The Balaban J connectivity index is 2.61. The average Bonchev–Trinajstić information content (AvgIpc) is 2.38. The number of benzene rings is 1. The third-order valence-corrected chi connectivity index (χ3v) is 3.21. The second-order valence-electron chi connectivity index (χ2n) is 3.72. The highest BCUT2D eigenvalue weighted by molar-refractivity contribution is 7.91. The Kier molecular flexibility index (Phi) is 6.33. The fraction of sp³-hybridized carbons (Fsp3) is 0.250. The molecule has 1 aromatic rings. The molecule has 1 aromatic carbocycles. The first-order chi connectivity index (χ1) is 9.46. The predicted molar refractivity (Wildman–Crippen MR) is 78.1 cm³/mol. The molecule has 0 fully saturated rings. The quantitative estimate of drug-likeness (QED) is 0.595. The van der Waals surface area contributed by atoms with Gasteiger partial charge in [-0.1, -0.05) is 18.2 Å². The van der Waals surface area contributed by atoms with Gasteiger partial charge in [0.1, 0.15) is 6.61 Å². The standard InChI is InChI=1S/C12H15ClN2O4S/c1-2-3-10-4-6-11(7-5-10)14-20(17,18)15-12(16)19-9-8-13/h2,4-7,14H,1,3,8-9H2,(H,15,16). The van der Waals surface area contributed by atoms with Gasteiger partial charge in [-0.25, -0.2) is 9.52 Å². The van der Waals surface area contributed by atoms with Crippen LogP contribution in [0.5, 0.6) is 0 Å². The zero-order valence-corrected chi connectivity index (χ0v) is 12.2. The number of alkyl halides is 1. The van der Waals surface area contributed by atoms with Crippen molar-refractivity contribution in [1.82, 2.24) is 4.72 Å². The summed E-state index contributed by atoms with van der Waals surface area (Å²) in [5, 5.41) is 0. The lowest BCUT2D eigenvalue weighted by Gasteiger charge is -2.09. The molecule has 110 valence electrons. The zero-order chi connectivity index (χ0) is 15.0. The van der Waals surface area contributed by atoms with Gasteiger partial charge < -0.3 is 4.74 Å². The molecule has 0 atom stereocenters. The van der Waals surface area contributed by atoms with E-state index < -0.39 is 16.3 Å². The van der Waals surface area contributed by atoms with E-state index in [-0.39, 0.29) is 12.5 Å². The maximum Gasteiger partial charge on any atom is 0.422 e. The number of allylic oxidation sites excluding steroid dienone is 1. The van der Waals surface area contributed by atoms with Crippen molar-refractivity contribution in [2.24, 2.45) is 0 Å². The Morgan fingerprint density at radius 1 is 1.35 bits per heavy atom. The molecular weight excluding hydrogens is 304 g/mol. The molecule has 0 aliphatic carbocycles. The molecule has 0 bridgehead atoms. The summed E-state index contributed by atoms with van der Waals surface area (Å²) in [5.41, 5.74) is 1.33. The summed E-state index contributed by atoms with van der Waals surface area (Å²) in [4.78, 5) is 11.1. The van der Waals surface area contributed by atoms with Crippen LogP contribution in [0, 0.1) is 0 Å². The van der Waals surface area contributed by atoms with E-state index in [1.807, 2.05) is 0 Å². The van der Waals surface area contributed by atoms with Crippen LogP contribution in [0.1, 0.15) is 5.56 Å². The number of amides is 1. The van der Waals surface area contributed by atoms with Gasteiger partial charge in [-0.15, -0.1) is 18.2 Å². The topological polar surface area (TPSA) is 84.5 Å². The van der Waals surface area contributed by atoms with Crippen LogP contribution in [-0.2, 0) is 21.4 Å². The molecule has 8 heteroatoms. The number of ether oxygens (including phenoxy) is 1. The highest BCUT2D eigenvalue weighted by atomic mass is 35.5. The van der Waals surface area contributed by atoms with E-state index in [1.165, 1.54) is 0 Å². The van der Waals surface area contributed by atoms with Crippen molar-refractivity contribution in [1.29, 1.82) is 0 Å². The molecule has 0 saturated carbocycles. The van der Waals surface area contributed by atoms with Crippen LogP contribution in [0.25, 0.3) is 0 Å². The molecule has 0 heterocycles. The van der Waals surface area contributed by atoms with E-state index in [1.54, 1.807) is 35.1 Å². The Labute approximate surface area is 123 Å². The van der Waals surface area contributed by atoms with Crippen LogP contribution in [0.3, 0.4) is 0 Å². The summed E-state index contributed by atoms with van der Waals surface area (Å²) >= 11 is 5.31. The molecule has 20 heavy (non-hydrogen) atoms. The van der Waals surface area contributed by atoms with Crippen molar-refractivity contribution in [3.63, 3.8) is 0 Å². The van der Waals surface area contributed by atoms with Crippen LogP contribution in [0.4, 0.5) is 10.5 Å². The summed E-state index contributed by atoms with van der Waals surface area (Å²) < 4.78 is 31.6. The maximum atomic E-state index is 11.6. The molecule has 0 unspecified atom stereocenters. The number of hydrogen-bond donors (Lipinski definition) is 2. The molecule has 0 aliphatic heterocycles. The highest BCUT2D eigenvalue weighted by Gasteiger charge is 2.15. The third kappa shape index (κ3) is 5.94. The van der Waals surface area contributed by atoms with E-state index >= 15 is 0 Å². The van der Waals surface area contributed by atoms with Crippen molar-refractivity contribution in [3.8, 4) is 0 Å². The normalized spacial score (nSPS) is 10.7. The summed E-state index contributed by atoms with van der Waals surface area (Å²) in [5.74, 6) is 0.0890. The van der Waals surface area contributed by atoms with E-state index in [2.05, 4.69) is 16.0 Å². The fourth-order valence-electron chi connectivity index (χ4n) is 1.33. The Morgan fingerprint density at radius 3 is 2.55 bits per heavy atom. The van der Waals surface area contributed by atoms with Crippen molar-refractivity contribution in [2.75, 3.05) is 17.2 Å². The van der Waals surface area contributed by atoms with Gasteiger partial charge in [0.15, 0.2) is 0 Å². The maximum absolute atomic E-state index is 11.6. The Morgan fingerprint density at radius 2 is 2.00 bits per heavy atom. The highest BCUT2D eigenvalue weighted by Crippen LogP contribution is 2.11. The lowest BCUT2D eigenvalue weighted by molar-refractivity contribution is 0.159. The van der Waals surface area contributed by atoms with Crippen molar-refractivity contribution in [3.05, 3.63) is 42.5 Å². The first-order valence-electron chi connectivity index (χ1n) is 5.70. The molecule has 0 aliphatic rings. The third-order valence-electron chi connectivity index (χ3n) is 2.11. The molecule has 2 N–H and O–H groups in total. The summed E-state index contributed by atoms with van der Waals surface area (Å²) in [7, 11) is -4.03. The van der Waals surface area contributed by atoms with Gasteiger partial charge in [-0.2, -0.15) is 8.42 Å². The largest absolute Gasteiger partial charge is 0.448 e. The van der Waals surface area contributed by atoms with E-state index in [4.69, 9.17) is 11.6 Å². The number of carbonyl (C=O) groups is 1. The van der Waals surface area contributed by atoms with Gasteiger partial charge in [0, 0.05) is 0 Å². The van der Waals surface area contributed by atoms with Crippen LogP contribution in [-0.4, -0.2) is 27.0 Å². The SMILES string of the molecule is C=CCc1ccc(NS(=O)(=O)NC(=O)OCCCl)cc1. The number of carbonyl (C=O) groups excluding carboxylic acids is 1. The number of nitrogens with one attached hydrogen (secondary N) is 2. The zero-order valence-electron chi connectivity index (χ0n) is 10.6. The minimum absolute atomic E-state index is 0.0703. The molecule has 1 amide bonds. The number of hydrogen-bond acceptors (Lipinski definition) is 4. The van der Waals surface area contributed by atoms with Crippen molar-refractivity contribution >= 4 is 33.6 Å². The molecule has 0 aromatic heterocycles. The number of anilines is 1. The first-order valence-corrected chi connectivity index (χ1v) is 7.71. The average molecular weight is 319 g/mol. The number of halogens is 1.